The molecular weight excluding hydrogens is 597 g/mol. The molecule has 230 valence electrons. The van der Waals surface area contributed by atoms with E-state index in [2.05, 4.69) is 108 Å². The molecule has 8 aromatic rings. The van der Waals surface area contributed by atoms with Gasteiger partial charge in [-0.1, -0.05) is 152 Å². The summed E-state index contributed by atoms with van der Waals surface area (Å²) in [5, 5.41) is 0. The van der Waals surface area contributed by atoms with Crippen LogP contribution in [-0.2, 0) is 5.41 Å². The van der Waals surface area contributed by atoms with E-state index in [1.54, 1.807) is 0 Å². The Morgan fingerprint density at radius 2 is 0.878 bits per heavy atom. The molecule has 6 aromatic carbocycles. The fraction of sp³-hybridized carbons (Fsp3) is 0.0222. The Hall–Kier alpha value is -6.52. The second-order valence-electron chi connectivity index (χ2n) is 12.3. The molecule has 0 bridgehead atoms. The molecule has 1 aliphatic rings. The molecule has 4 nitrogen and oxygen atoms in total. The van der Waals surface area contributed by atoms with Crippen molar-refractivity contribution in [3.63, 3.8) is 0 Å². The van der Waals surface area contributed by atoms with Crippen molar-refractivity contribution in [2.75, 3.05) is 0 Å². The molecule has 2 heterocycles. The van der Waals surface area contributed by atoms with Gasteiger partial charge in [-0.2, -0.15) is 0 Å². The van der Waals surface area contributed by atoms with Crippen LogP contribution in [0.1, 0.15) is 22.3 Å². The van der Waals surface area contributed by atoms with Gasteiger partial charge in [0.1, 0.15) is 0 Å². The van der Waals surface area contributed by atoms with Gasteiger partial charge in [-0.05, 0) is 62.7 Å². The van der Waals surface area contributed by atoms with Crippen LogP contribution >= 0.6 is 0 Å². The fourth-order valence-electron chi connectivity index (χ4n) is 7.30. The molecule has 0 spiro atoms. The molecule has 0 amide bonds. The summed E-state index contributed by atoms with van der Waals surface area (Å²) in [6.07, 6.45) is 3.86. The highest BCUT2D eigenvalue weighted by Gasteiger charge is 2.46. The van der Waals surface area contributed by atoms with E-state index < -0.39 is 5.41 Å². The third-order valence-electron chi connectivity index (χ3n) is 9.50. The summed E-state index contributed by atoms with van der Waals surface area (Å²) in [5.41, 5.74) is 11.9. The minimum Gasteiger partial charge on any atom is -0.264 e. The van der Waals surface area contributed by atoms with Crippen molar-refractivity contribution < 1.29 is 0 Å². The summed E-state index contributed by atoms with van der Waals surface area (Å²) < 4.78 is 0. The van der Waals surface area contributed by atoms with Gasteiger partial charge in [0.05, 0.1) is 5.41 Å². The zero-order valence-corrected chi connectivity index (χ0v) is 26.6. The smallest absolute Gasteiger partial charge is 0.164 e. The Morgan fingerprint density at radius 3 is 1.55 bits per heavy atom. The van der Waals surface area contributed by atoms with E-state index in [0.29, 0.717) is 17.5 Å². The van der Waals surface area contributed by atoms with Gasteiger partial charge >= 0.3 is 0 Å². The first-order chi connectivity index (χ1) is 24.3. The van der Waals surface area contributed by atoms with Crippen LogP contribution in [0.15, 0.2) is 182 Å². The van der Waals surface area contributed by atoms with Crippen molar-refractivity contribution in [2.24, 2.45) is 0 Å². The van der Waals surface area contributed by atoms with Gasteiger partial charge in [-0.3, -0.25) is 4.98 Å². The Labute approximate surface area is 285 Å². The average Bonchev–Trinajstić information content (AvgIpc) is 3.49. The molecule has 2 aromatic heterocycles. The van der Waals surface area contributed by atoms with Gasteiger partial charge in [-0.25, -0.2) is 15.0 Å². The first-order valence-corrected chi connectivity index (χ1v) is 16.5. The SMILES string of the molecule is c1ccc(-c2nc(-c3ccccc3)nc(-c3cccc(-c4ccc5c(c4)C(c4ccccc4)(c4cccnc4)c4ccccc4-5)c3)n2)cc1. The highest BCUT2D eigenvalue weighted by molar-refractivity contribution is 5.88. The number of fused-ring (bicyclic) bond motifs is 3. The van der Waals surface area contributed by atoms with Gasteiger partial charge in [0.15, 0.2) is 17.5 Å². The van der Waals surface area contributed by atoms with Gasteiger partial charge in [-0.15, -0.1) is 0 Å². The molecule has 0 fully saturated rings. The minimum atomic E-state index is -0.515. The maximum Gasteiger partial charge on any atom is 0.164 e. The average molecular weight is 627 g/mol. The van der Waals surface area contributed by atoms with E-state index in [0.717, 1.165) is 33.4 Å². The predicted octanol–water partition coefficient (Wildman–Crippen LogP) is 10.3. The lowest BCUT2D eigenvalue weighted by atomic mass is 9.68. The summed E-state index contributed by atoms with van der Waals surface area (Å²) in [5.74, 6) is 1.93. The first-order valence-electron chi connectivity index (χ1n) is 16.5. The van der Waals surface area contributed by atoms with Crippen molar-refractivity contribution >= 4 is 0 Å². The summed E-state index contributed by atoms with van der Waals surface area (Å²) in [4.78, 5) is 19.5. The standard InChI is InChI=1S/C45H30N4/c1-4-14-31(15-5-1)42-47-43(32-16-6-2-7-17-32)49-44(48-42)35-19-12-18-33(28-35)34-25-26-39-38-23-10-11-24-40(38)45(41(39)29-34,36-20-8-3-9-21-36)37-22-13-27-46-30-37/h1-30H. The molecule has 0 N–H and O–H groups in total. The molecule has 1 atom stereocenters. The summed E-state index contributed by atoms with van der Waals surface area (Å²) >= 11 is 0. The number of rotatable bonds is 6. The predicted molar refractivity (Wildman–Crippen MR) is 197 cm³/mol. The molecule has 4 heteroatoms. The van der Waals surface area contributed by atoms with Crippen molar-refractivity contribution in [1.29, 1.82) is 0 Å². The fourth-order valence-corrected chi connectivity index (χ4v) is 7.30. The van der Waals surface area contributed by atoms with Gasteiger partial charge in [0.25, 0.3) is 0 Å². The molecule has 0 saturated carbocycles. The normalized spacial score (nSPS) is 14.6. The second-order valence-corrected chi connectivity index (χ2v) is 12.3. The molecule has 49 heavy (non-hydrogen) atoms. The van der Waals surface area contributed by atoms with Gasteiger partial charge < -0.3 is 0 Å². The van der Waals surface area contributed by atoms with E-state index in [-0.39, 0.29) is 0 Å². The monoisotopic (exact) mass is 626 g/mol. The third kappa shape index (κ3) is 4.85. The van der Waals surface area contributed by atoms with Crippen molar-refractivity contribution in [2.45, 2.75) is 5.41 Å². The number of nitrogens with zero attached hydrogens (tertiary/aromatic N) is 4. The number of hydrogen-bond donors (Lipinski definition) is 0. The summed E-state index contributed by atoms with van der Waals surface area (Å²) in [7, 11) is 0. The molecule has 9 rings (SSSR count). The number of pyridine rings is 1. The first kappa shape index (κ1) is 28.7. The zero-order valence-electron chi connectivity index (χ0n) is 26.6. The van der Waals surface area contributed by atoms with Crippen molar-refractivity contribution in [1.82, 2.24) is 19.9 Å². The third-order valence-corrected chi connectivity index (χ3v) is 9.50. The Kier molecular flexibility index (Phi) is 6.98. The molecule has 1 unspecified atom stereocenters. The summed E-state index contributed by atoms with van der Waals surface area (Å²) in [6.45, 7) is 0. The molecule has 0 aliphatic heterocycles. The van der Waals surface area contributed by atoms with Crippen LogP contribution in [0.2, 0.25) is 0 Å². The molecular formula is C45H30N4. The number of hydrogen-bond acceptors (Lipinski definition) is 4. The Balaban J connectivity index is 1.22. The molecule has 0 radical (unpaired) electrons. The van der Waals surface area contributed by atoms with E-state index in [4.69, 9.17) is 15.0 Å². The maximum atomic E-state index is 4.99. The number of benzene rings is 6. The maximum absolute atomic E-state index is 4.99. The number of aromatic nitrogens is 4. The summed E-state index contributed by atoms with van der Waals surface area (Å²) in [6, 6.07) is 59.4. The zero-order chi connectivity index (χ0) is 32.6. The highest BCUT2D eigenvalue weighted by atomic mass is 15.0. The van der Waals surface area contributed by atoms with Crippen LogP contribution in [-0.4, -0.2) is 19.9 Å². The molecule has 0 saturated heterocycles. The Bertz CT molecular complexity index is 2330. The van der Waals surface area contributed by atoms with E-state index >= 15 is 0 Å². The van der Waals surface area contributed by atoms with Gasteiger partial charge in [0, 0.05) is 29.1 Å². The van der Waals surface area contributed by atoms with Crippen molar-refractivity contribution in [3.8, 4) is 56.4 Å². The lowest BCUT2D eigenvalue weighted by molar-refractivity contribution is 0.763. The van der Waals surface area contributed by atoms with Crippen molar-refractivity contribution in [3.05, 3.63) is 205 Å². The van der Waals surface area contributed by atoms with Crippen LogP contribution in [0.3, 0.4) is 0 Å². The molecule has 1 aliphatic carbocycles. The van der Waals surface area contributed by atoms with E-state index in [9.17, 15) is 0 Å². The van der Waals surface area contributed by atoms with Crippen LogP contribution in [0.4, 0.5) is 0 Å². The van der Waals surface area contributed by atoms with Crippen LogP contribution < -0.4 is 0 Å². The second kappa shape index (κ2) is 11.9. The van der Waals surface area contributed by atoms with Crippen LogP contribution in [0.25, 0.3) is 56.4 Å². The van der Waals surface area contributed by atoms with E-state index in [1.807, 2.05) is 79.1 Å². The quantitative estimate of drug-likeness (QED) is 0.184. The topological polar surface area (TPSA) is 51.6 Å². The Morgan fingerprint density at radius 1 is 0.347 bits per heavy atom. The van der Waals surface area contributed by atoms with Crippen LogP contribution in [0, 0.1) is 0 Å². The van der Waals surface area contributed by atoms with E-state index in [1.165, 1.54) is 27.8 Å². The lowest BCUT2D eigenvalue weighted by Crippen LogP contribution is -2.28. The largest absolute Gasteiger partial charge is 0.264 e. The van der Waals surface area contributed by atoms with Crippen LogP contribution in [0.5, 0.6) is 0 Å². The lowest BCUT2D eigenvalue weighted by Gasteiger charge is -2.33. The van der Waals surface area contributed by atoms with Gasteiger partial charge in [0.2, 0.25) is 0 Å². The highest BCUT2D eigenvalue weighted by Crippen LogP contribution is 2.56. The minimum absolute atomic E-state index is 0.515.